The molecular weight excluding hydrogens is 459 g/mol. The lowest BCUT2D eigenvalue weighted by molar-refractivity contribution is -0.137. The zero-order valence-corrected chi connectivity index (χ0v) is 18.9. The summed E-state index contributed by atoms with van der Waals surface area (Å²) in [4.78, 5) is 31.5. The van der Waals surface area contributed by atoms with Gasteiger partial charge in [-0.05, 0) is 36.6 Å². The summed E-state index contributed by atoms with van der Waals surface area (Å²) in [6, 6.07) is 12.4. The molecule has 3 aromatic rings. The summed E-state index contributed by atoms with van der Waals surface area (Å²) in [5.74, 6) is -0.281. The molecule has 6 nitrogen and oxygen atoms in total. The second kappa shape index (κ2) is 9.20. The van der Waals surface area contributed by atoms with Crippen LogP contribution in [0.25, 0.3) is 11.3 Å². The second-order valence-electron chi connectivity index (χ2n) is 8.93. The Morgan fingerprint density at radius 1 is 1.06 bits per heavy atom. The Morgan fingerprint density at radius 2 is 1.83 bits per heavy atom. The lowest BCUT2D eigenvalue weighted by Crippen LogP contribution is -2.42. The van der Waals surface area contributed by atoms with E-state index in [1.54, 1.807) is 11.2 Å². The first-order valence-electron chi connectivity index (χ1n) is 11.5. The number of imidazole rings is 1. The van der Waals surface area contributed by atoms with Crippen molar-refractivity contribution in [3.8, 4) is 17.0 Å². The SMILES string of the molecule is O=C(CC1c2ccccc2-c2cncn21)C1CCN(C(=O)COc2cccc(C(F)(F)F)c2)CC1. The largest absolute Gasteiger partial charge is 0.484 e. The van der Waals surface area contributed by atoms with Crippen molar-refractivity contribution in [1.82, 2.24) is 14.5 Å². The maximum absolute atomic E-state index is 13.1. The molecule has 2 aromatic carbocycles. The molecular formula is C26H24F3N3O3. The number of aromatic nitrogens is 2. The van der Waals surface area contributed by atoms with E-state index in [0.717, 1.165) is 29.0 Å². The first-order valence-corrected chi connectivity index (χ1v) is 11.5. The Labute approximate surface area is 200 Å². The van der Waals surface area contributed by atoms with E-state index in [-0.39, 0.29) is 36.0 Å². The minimum absolute atomic E-state index is 0.00560. The number of likely N-dealkylation sites (tertiary alicyclic amines) is 1. The highest BCUT2D eigenvalue weighted by Gasteiger charge is 2.34. The van der Waals surface area contributed by atoms with Gasteiger partial charge in [0.25, 0.3) is 5.91 Å². The predicted octanol–water partition coefficient (Wildman–Crippen LogP) is 4.75. The first kappa shape index (κ1) is 23.1. The molecule has 5 rings (SSSR count). The third-order valence-electron chi connectivity index (χ3n) is 6.82. The van der Waals surface area contributed by atoms with Gasteiger partial charge in [-0.15, -0.1) is 0 Å². The number of rotatable bonds is 6. The molecule has 2 aliphatic heterocycles. The number of amides is 1. The molecule has 1 unspecified atom stereocenters. The van der Waals surface area contributed by atoms with Crippen LogP contribution in [0.1, 0.15) is 36.4 Å². The van der Waals surface area contributed by atoms with Crippen molar-refractivity contribution >= 4 is 11.7 Å². The molecule has 0 radical (unpaired) electrons. The number of hydrogen-bond acceptors (Lipinski definition) is 4. The number of ether oxygens (including phenoxy) is 1. The lowest BCUT2D eigenvalue weighted by Gasteiger charge is -2.31. The molecule has 0 aliphatic carbocycles. The molecule has 1 atom stereocenters. The topological polar surface area (TPSA) is 64.4 Å². The van der Waals surface area contributed by atoms with Gasteiger partial charge in [-0.2, -0.15) is 13.2 Å². The summed E-state index contributed by atoms with van der Waals surface area (Å²) in [6.07, 6.45) is 0.585. The predicted molar refractivity (Wildman–Crippen MR) is 122 cm³/mol. The van der Waals surface area contributed by atoms with Gasteiger partial charge >= 0.3 is 6.18 Å². The maximum atomic E-state index is 13.1. The number of hydrogen-bond donors (Lipinski definition) is 0. The molecule has 0 N–H and O–H groups in total. The molecule has 0 bridgehead atoms. The summed E-state index contributed by atoms with van der Waals surface area (Å²) >= 11 is 0. The van der Waals surface area contributed by atoms with Crippen molar-refractivity contribution in [2.24, 2.45) is 5.92 Å². The van der Waals surface area contributed by atoms with Gasteiger partial charge in [-0.3, -0.25) is 9.59 Å². The Hall–Kier alpha value is -3.62. The minimum atomic E-state index is -4.47. The number of carbonyl (C=O) groups is 2. The number of piperidine rings is 1. The number of nitrogens with zero attached hydrogens (tertiary/aromatic N) is 3. The van der Waals surface area contributed by atoms with Gasteiger partial charge in [0.2, 0.25) is 0 Å². The van der Waals surface area contributed by atoms with Crippen LogP contribution in [0.4, 0.5) is 13.2 Å². The number of fused-ring (bicyclic) bond motifs is 3. The van der Waals surface area contributed by atoms with Gasteiger partial charge in [-0.1, -0.05) is 30.3 Å². The summed E-state index contributed by atoms with van der Waals surface area (Å²) in [5.41, 5.74) is 2.41. The summed E-state index contributed by atoms with van der Waals surface area (Å²) < 4.78 is 45.9. The van der Waals surface area contributed by atoms with Crippen LogP contribution >= 0.6 is 0 Å². The van der Waals surface area contributed by atoms with Crippen LogP contribution < -0.4 is 4.74 Å². The van der Waals surface area contributed by atoms with E-state index in [0.29, 0.717) is 32.4 Å². The van der Waals surface area contributed by atoms with Crippen LogP contribution in [0.15, 0.2) is 61.1 Å². The number of Topliss-reactive ketones (excluding diaryl/α,β-unsaturated/α-hetero) is 1. The van der Waals surface area contributed by atoms with E-state index in [1.807, 2.05) is 35.0 Å². The molecule has 35 heavy (non-hydrogen) atoms. The normalized spacial score (nSPS) is 17.7. The van der Waals surface area contributed by atoms with Crippen LogP contribution in [-0.4, -0.2) is 45.8 Å². The van der Waals surface area contributed by atoms with Gasteiger partial charge in [-0.25, -0.2) is 4.98 Å². The van der Waals surface area contributed by atoms with E-state index in [9.17, 15) is 22.8 Å². The maximum Gasteiger partial charge on any atom is 0.416 e. The summed E-state index contributed by atoms with van der Waals surface area (Å²) in [5, 5.41) is 0. The molecule has 9 heteroatoms. The van der Waals surface area contributed by atoms with Crippen molar-refractivity contribution in [3.05, 3.63) is 72.2 Å². The highest BCUT2D eigenvalue weighted by Crippen LogP contribution is 2.41. The van der Waals surface area contributed by atoms with Crippen molar-refractivity contribution in [2.45, 2.75) is 31.5 Å². The van der Waals surface area contributed by atoms with Crippen molar-refractivity contribution in [3.63, 3.8) is 0 Å². The number of alkyl halides is 3. The number of halogens is 3. The average Bonchev–Trinajstić information content (AvgIpc) is 3.45. The van der Waals surface area contributed by atoms with Crippen LogP contribution in [0.2, 0.25) is 0 Å². The number of benzene rings is 2. The van der Waals surface area contributed by atoms with E-state index in [4.69, 9.17) is 4.74 Å². The second-order valence-corrected chi connectivity index (χ2v) is 8.93. The fourth-order valence-electron chi connectivity index (χ4n) is 4.95. The average molecular weight is 483 g/mol. The van der Waals surface area contributed by atoms with Crippen LogP contribution in [0.3, 0.4) is 0 Å². The van der Waals surface area contributed by atoms with Crippen molar-refractivity contribution in [1.29, 1.82) is 0 Å². The van der Waals surface area contributed by atoms with E-state index in [2.05, 4.69) is 4.98 Å². The van der Waals surface area contributed by atoms with Gasteiger partial charge in [0, 0.05) is 31.0 Å². The molecule has 3 heterocycles. The zero-order valence-electron chi connectivity index (χ0n) is 18.9. The van der Waals surface area contributed by atoms with E-state index < -0.39 is 11.7 Å². The van der Waals surface area contributed by atoms with Crippen LogP contribution in [-0.2, 0) is 15.8 Å². The zero-order chi connectivity index (χ0) is 24.6. The third kappa shape index (κ3) is 4.67. The molecule has 0 spiro atoms. The molecule has 1 aromatic heterocycles. The highest BCUT2D eigenvalue weighted by atomic mass is 19.4. The van der Waals surface area contributed by atoms with Crippen molar-refractivity contribution in [2.75, 3.05) is 19.7 Å². The minimum Gasteiger partial charge on any atom is -0.484 e. The van der Waals surface area contributed by atoms with Crippen LogP contribution in [0.5, 0.6) is 5.75 Å². The molecule has 182 valence electrons. The standard InChI is InChI=1S/C26H24F3N3O3/c27-26(28,29)18-4-3-5-19(12-18)35-15-25(34)31-10-8-17(9-11-31)24(33)13-22-20-6-1-2-7-21(20)23-14-30-16-32(22)23/h1-7,12,14,16-17,22H,8-11,13,15H2. The van der Waals surface area contributed by atoms with Gasteiger partial charge in [0.15, 0.2) is 6.61 Å². The molecule has 1 fully saturated rings. The van der Waals surface area contributed by atoms with Gasteiger partial charge in [0.1, 0.15) is 11.5 Å². The Morgan fingerprint density at radius 3 is 2.60 bits per heavy atom. The summed E-state index contributed by atoms with van der Waals surface area (Å²) in [7, 11) is 0. The monoisotopic (exact) mass is 483 g/mol. The smallest absolute Gasteiger partial charge is 0.416 e. The fraction of sp³-hybridized carbons (Fsp3) is 0.346. The Balaban J connectivity index is 1.14. The molecule has 0 saturated carbocycles. The van der Waals surface area contributed by atoms with Gasteiger partial charge in [0.05, 0.1) is 29.8 Å². The quantitative estimate of drug-likeness (QED) is 0.508. The number of carbonyl (C=O) groups excluding carboxylic acids is 2. The first-order chi connectivity index (χ1) is 16.8. The molecule has 1 amide bonds. The number of ketones is 1. The van der Waals surface area contributed by atoms with E-state index >= 15 is 0 Å². The fourth-order valence-corrected chi connectivity index (χ4v) is 4.95. The van der Waals surface area contributed by atoms with Crippen LogP contribution in [0, 0.1) is 5.92 Å². The Kier molecular flexibility index (Phi) is 6.08. The Bertz CT molecular complexity index is 1250. The summed E-state index contributed by atoms with van der Waals surface area (Å²) in [6.45, 7) is 0.486. The lowest BCUT2D eigenvalue weighted by atomic mass is 9.87. The van der Waals surface area contributed by atoms with Crippen molar-refractivity contribution < 1.29 is 27.5 Å². The molecule has 1 saturated heterocycles. The third-order valence-corrected chi connectivity index (χ3v) is 6.82. The highest BCUT2D eigenvalue weighted by molar-refractivity contribution is 5.84. The molecule has 2 aliphatic rings. The van der Waals surface area contributed by atoms with E-state index in [1.165, 1.54) is 12.1 Å². The van der Waals surface area contributed by atoms with Gasteiger partial charge < -0.3 is 14.2 Å².